The van der Waals surface area contributed by atoms with E-state index < -0.39 is 12.2 Å². The van der Waals surface area contributed by atoms with Crippen LogP contribution in [-0.2, 0) is 4.79 Å². The molecule has 21 heavy (non-hydrogen) atoms. The van der Waals surface area contributed by atoms with Gasteiger partial charge in [-0.15, -0.1) is 0 Å². The normalized spacial score (nSPS) is 22.0. The van der Waals surface area contributed by atoms with Crippen LogP contribution < -0.4 is 14.8 Å². The maximum Gasteiger partial charge on any atom is 0.265 e. The number of carbonyl (C=O) groups is 1. The van der Waals surface area contributed by atoms with Crippen LogP contribution >= 0.6 is 0 Å². The quantitative estimate of drug-likeness (QED) is 0.867. The van der Waals surface area contributed by atoms with Crippen molar-refractivity contribution in [3.8, 4) is 11.5 Å². The average Bonchev–Trinajstić information content (AvgIpc) is 2.43. The van der Waals surface area contributed by atoms with E-state index in [9.17, 15) is 9.90 Å². The number of hydrogen-bond acceptors (Lipinski definition) is 4. The van der Waals surface area contributed by atoms with Crippen molar-refractivity contribution in [2.75, 3.05) is 6.54 Å². The predicted molar refractivity (Wildman–Crippen MR) is 79.4 cm³/mol. The van der Waals surface area contributed by atoms with Gasteiger partial charge in [0.2, 0.25) is 6.10 Å². The van der Waals surface area contributed by atoms with Crippen molar-refractivity contribution in [1.29, 1.82) is 0 Å². The van der Waals surface area contributed by atoms with Crippen LogP contribution in [0.2, 0.25) is 0 Å². The first-order valence-corrected chi connectivity index (χ1v) is 7.35. The summed E-state index contributed by atoms with van der Waals surface area (Å²) in [5, 5.41) is 12.5. The highest BCUT2D eigenvalue weighted by Crippen LogP contribution is 2.33. The van der Waals surface area contributed by atoms with E-state index in [2.05, 4.69) is 5.32 Å². The van der Waals surface area contributed by atoms with Gasteiger partial charge in [0.25, 0.3) is 5.91 Å². The molecule has 1 aromatic rings. The second-order valence-corrected chi connectivity index (χ2v) is 5.84. The van der Waals surface area contributed by atoms with Crippen molar-refractivity contribution < 1.29 is 19.4 Å². The Morgan fingerprint density at radius 3 is 2.52 bits per heavy atom. The van der Waals surface area contributed by atoms with Crippen LogP contribution in [0.5, 0.6) is 11.5 Å². The van der Waals surface area contributed by atoms with Crippen LogP contribution in [0.4, 0.5) is 0 Å². The van der Waals surface area contributed by atoms with E-state index in [1.807, 2.05) is 32.0 Å². The van der Waals surface area contributed by atoms with Gasteiger partial charge in [-0.1, -0.05) is 26.0 Å². The lowest BCUT2D eigenvalue weighted by molar-refractivity contribution is -0.133. The maximum atomic E-state index is 12.2. The van der Waals surface area contributed by atoms with Gasteiger partial charge in [-0.25, -0.2) is 0 Å². The van der Waals surface area contributed by atoms with Gasteiger partial charge in [0.15, 0.2) is 11.5 Å². The molecule has 0 radical (unpaired) electrons. The van der Waals surface area contributed by atoms with Crippen molar-refractivity contribution in [2.24, 2.45) is 5.92 Å². The van der Waals surface area contributed by atoms with Gasteiger partial charge in [-0.3, -0.25) is 4.79 Å². The number of amides is 1. The molecule has 0 saturated heterocycles. The maximum absolute atomic E-state index is 12.2. The molecule has 0 fully saturated rings. The van der Waals surface area contributed by atoms with Gasteiger partial charge in [0.05, 0.1) is 6.10 Å². The molecule has 0 aromatic heterocycles. The highest BCUT2D eigenvalue weighted by Gasteiger charge is 2.34. The summed E-state index contributed by atoms with van der Waals surface area (Å²) in [5.74, 6) is 1.34. The van der Waals surface area contributed by atoms with Crippen LogP contribution in [0.3, 0.4) is 0 Å². The average molecular weight is 293 g/mol. The number of rotatable bonds is 5. The first-order valence-electron chi connectivity index (χ1n) is 7.35. The van der Waals surface area contributed by atoms with E-state index in [1.165, 1.54) is 0 Å². The summed E-state index contributed by atoms with van der Waals surface area (Å²) >= 11 is 0. The van der Waals surface area contributed by atoms with E-state index in [0.29, 0.717) is 23.8 Å². The first kappa shape index (κ1) is 15.6. The summed E-state index contributed by atoms with van der Waals surface area (Å²) in [6.07, 6.45) is -0.963. The number of nitrogens with one attached hydrogen (secondary N) is 1. The Kier molecular flexibility index (Phi) is 5.07. The zero-order chi connectivity index (χ0) is 15.4. The predicted octanol–water partition coefficient (Wildman–Crippen LogP) is 1.74. The van der Waals surface area contributed by atoms with E-state index in [4.69, 9.17) is 9.47 Å². The van der Waals surface area contributed by atoms with Crippen LogP contribution in [0, 0.1) is 5.92 Å². The molecule has 1 aliphatic heterocycles. The van der Waals surface area contributed by atoms with Crippen molar-refractivity contribution in [3.63, 3.8) is 0 Å². The highest BCUT2D eigenvalue weighted by atomic mass is 16.6. The largest absolute Gasteiger partial charge is 0.482 e. The molecule has 3 unspecified atom stereocenters. The molecule has 0 spiro atoms. The lowest BCUT2D eigenvalue weighted by Gasteiger charge is -2.31. The molecule has 116 valence electrons. The smallest absolute Gasteiger partial charge is 0.265 e. The minimum absolute atomic E-state index is 0.227. The van der Waals surface area contributed by atoms with Crippen LogP contribution in [-0.4, -0.2) is 35.9 Å². The number of para-hydroxylation sites is 2. The molecule has 5 nitrogen and oxygen atoms in total. The highest BCUT2D eigenvalue weighted by molar-refractivity contribution is 5.82. The molecule has 0 saturated carbocycles. The molecule has 2 N–H and O–H groups in total. The zero-order valence-corrected chi connectivity index (χ0v) is 12.7. The molecular formula is C16H23NO4. The SMILES string of the molecule is CC(C)CC(O)CNC(=O)C1Oc2ccccc2OC1C. The molecule has 1 amide bonds. The molecular weight excluding hydrogens is 270 g/mol. The molecule has 0 aliphatic carbocycles. The summed E-state index contributed by atoms with van der Waals surface area (Å²) in [6.45, 7) is 6.08. The standard InChI is InChI=1S/C16H23NO4/c1-10(2)8-12(18)9-17-16(19)15-11(3)20-13-6-4-5-7-14(13)21-15/h4-7,10-12,15,18H,8-9H2,1-3H3,(H,17,19). The number of aliphatic hydroxyl groups is 1. The molecule has 5 heteroatoms. The van der Waals surface area contributed by atoms with Gasteiger partial charge >= 0.3 is 0 Å². The molecule has 1 aliphatic rings. The Labute approximate surface area is 125 Å². The Bertz CT molecular complexity index is 489. The fourth-order valence-electron chi connectivity index (χ4n) is 2.35. The van der Waals surface area contributed by atoms with Gasteiger partial charge in [-0.2, -0.15) is 0 Å². The number of benzene rings is 1. The number of carbonyl (C=O) groups excluding carboxylic acids is 1. The topological polar surface area (TPSA) is 67.8 Å². The van der Waals surface area contributed by atoms with E-state index >= 15 is 0 Å². The van der Waals surface area contributed by atoms with Crippen molar-refractivity contribution in [3.05, 3.63) is 24.3 Å². The minimum Gasteiger partial charge on any atom is -0.482 e. The van der Waals surface area contributed by atoms with Crippen LogP contribution in [0.15, 0.2) is 24.3 Å². The fourth-order valence-corrected chi connectivity index (χ4v) is 2.35. The number of aliphatic hydroxyl groups excluding tert-OH is 1. The number of fused-ring (bicyclic) bond motifs is 1. The molecule has 1 aromatic carbocycles. The van der Waals surface area contributed by atoms with Gasteiger partial charge < -0.3 is 19.9 Å². The first-order chi connectivity index (χ1) is 9.97. The second-order valence-electron chi connectivity index (χ2n) is 5.84. The van der Waals surface area contributed by atoms with Gasteiger partial charge in [0.1, 0.15) is 6.10 Å². The van der Waals surface area contributed by atoms with Crippen LogP contribution in [0.25, 0.3) is 0 Å². The lowest BCUT2D eigenvalue weighted by atomic mass is 10.1. The van der Waals surface area contributed by atoms with Gasteiger partial charge in [0, 0.05) is 6.54 Å². The minimum atomic E-state index is -0.703. The summed E-state index contributed by atoms with van der Waals surface area (Å²) in [6, 6.07) is 7.28. The second kappa shape index (κ2) is 6.80. The summed E-state index contributed by atoms with van der Waals surface area (Å²) in [4.78, 5) is 12.2. The fraction of sp³-hybridized carbons (Fsp3) is 0.562. The van der Waals surface area contributed by atoms with Crippen molar-refractivity contribution in [1.82, 2.24) is 5.32 Å². The summed E-state index contributed by atoms with van der Waals surface area (Å²) in [5.41, 5.74) is 0. The Morgan fingerprint density at radius 1 is 1.29 bits per heavy atom. The van der Waals surface area contributed by atoms with Crippen LogP contribution in [0.1, 0.15) is 27.2 Å². The van der Waals surface area contributed by atoms with E-state index in [1.54, 1.807) is 13.0 Å². The van der Waals surface area contributed by atoms with Crippen molar-refractivity contribution in [2.45, 2.75) is 45.5 Å². The molecule has 3 atom stereocenters. The summed E-state index contributed by atoms with van der Waals surface area (Å²) < 4.78 is 11.4. The third-order valence-corrected chi connectivity index (χ3v) is 3.36. The Morgan fingerprint density at radius 2 is 1.90 bits per heavy atom. The molecule has 2 rings (SSSR count). The van der Waals surface area contributed by atoms with E-state index in [0.717, 1.165) is 0 Å². The lowest BCUT2D eigenvalue weighted by Crippen LogP contribution is -2.50. The number of hydrogen-bond donors (Lipinski definition) is 2. The Balaban J connectivity index is 1.91. The third-order valence-electron chi connectivity index (χ3n) is 3.36. The third kappa shape index (κ3) is 4.11. The Hall–Kier alpha value is -1.75. The zero-order valence-electron chi connectivity index (χ0n) is 12.7. The monoisotopic (exact) mass is 293 g/mol. The summed E-state index contributed by atoms with van der Waals surface area (Å²) in [7, 11) is 0. The van der Waals surface area contributed by atoms with Crippen molar-refractivity contribution >= 4 is 5.91 Å². The number of ether oxygens (including phenoxy) is 2. The van der Waals surface area contributed by atoms with Gasteiger partial charge in [-0.05, 0) is 31.4 Å². The molecule has 1 heterocycles. The molecule has 0 bridgehead atoms. The van der Waals surface area contributed by atoms with E-state index in [-0.39, 0.29) is 18.6 Å².